The van der Waals surface area contributed by atoms with Gasteiger partial charge in [0.2, 0.25) is 0 Å². The van der Waals surface area contributed by atoms with Gasteiger partial charge in [0.25, 0.3) is 0 Å². The van der Waals surface area contributed by atoms with Gasteiger partial charge < -0.3 is 10.6 Å². The molecule has 0 unspecified atom stereocenters. The number of para-hydroxylation sites is 1. The Kier molecular flexibility index (Phi) is 3.11. The second-order valence-corrected chi connectivity index (χ2v) is 5.67. The van der Waals surface area contributed by atoms with Gasteiger partial charge in [-0.25, -0.2) is 0 Å². The van der Waals surface area contributed by atoms with E-state index in [4.69, 9.17) is 18.0 Å². The van der Waals surface area contributed by atoms with Crippen molar-refractivity contribution in [1.29, 1.82) is 0 Å². The third-order valence-electron chi connectivity index (χ3n) is 3.62. The summed E-state index contributed by atoms with van der Waals surface area (Å²) in [6.07, 6.45) is 4.45. The zero-order chi connectivity index (χ0) is 13.4. The molecule has 0 bridgehead atoms. The number of thiocarbonyl (C=S) groups is 1. The van der Waals surface area contributed by atoms with Gasteiger partial charge in [-0.3, -0.25) is 4.98 Å². The molecule has 0 saturated heterocycles. The summed E-state index contributed by atoms with van der Waals surface area (Å²) in [6, 6.07) is 8.14. The van der Waals surface area contributed by atoms with E-state index in [-0.39, 0.29) is 0 Å². The fourth-order valence-electron chi connectivity index (χ4n) is 2.50. The average Bonchev–Trinajstić information content (AvgIpc) is 3.21. The molecule has 0 atom stereocenters. The maximum atomic E-state index is 5.85. The minimum absolute atomic E-state index is 0.413. The van der Waals surface area contributed by atoms with Gasteiger partial charge in [0.15, 0.2) is 0 Å². The summed E-state index contributed by atoms with van der Waals surface area (Å²) >= 11 is 5.17. The number of aromatic nitrogens is 1. The molecule has 1 fully saturated rings. The van der Waals surface area contributed by atoms with E-state index in [9.17, 15) is 0 Å². The van der Waals surface area contributed by atoms with Gasteiger partial charge in [0.05, 0.1) is 16.8 Å². The van der Waals surface area contributed by atoms with Crippen molar-refractivity contribution in [3.63, 3.8) is 0 Å². The maximum absolute atomic E-state index is 5.85. The topological polar surface area (TPSA) is 42.1 Å². The second-order valence-electron chi connectivity index (χ2n) is 5.23. The van der Waals surface area contributed by atoms with Crippen molar-refractivity contribution >= 4 is 33.8 Å². The van der Waals surface area contributed by atoms with Crippen LogP contribution in [0.15, 0.2) is 30.5 Å². The normalized spacial score (nSPS) is 14.6. The first kappa shape index (κ1) is 12.4. The minimum atomic E-state index is 0.413. The van der Waals surface area contributed by atoms with Crippen LogP contribution < -0.4 is 10.6 Å². The number of benzene rings is 1. The summed E-state index contributed by atoms with van der Waals surface area (Å²) in [6.45, 7) is 1.06. The van der Waals surface area contributed by atoms with Gasteiger partial charge in [-0.05, 0) is 24.8 Å². The number of nitrogens with zero attached hydrogens (tertiary/aromatic N) is 2. The molecule has 0 radical (unpaired) electrons. The molecule has 1 aromatic carbocycles. The van der Waals surface area contributed by atoms with E-state index in [0.29, 0.717) is 4.99 Å². The Morgan fingerprint density at radius 2 is 2.16 bits per heavy atom. The maximum Gasteiger partial charge on any atom is 0.107 e. The van der Waals surface area contributed by atoms with E-state index < -0.39 is 0 Å². The lowest BCUT2D eigenvalue weighted by atomic mass is 10.1. The largest absolute Gasteiger partial charge is 0.389 e. The first-order chi connectivity index (χ1) is 9.16. The number of hydrogen-bond donors (Lipinski definition) is 1. The number of hydrogen-bond acceptors (Lipinski definition) is 3. The molecule has 1 aliphatic rings. The highest BCUT2D eigenvalue weighted by molar-refractivity contribution is 7.80. The van der Waals surface area contributed by atoms with Gasteiger partial charge in [-0.15, -0.1) is 0 Å². The molecule has 1 aliphatic carbocycles. The Hall–Kier alpha value is -1.68. The summed E-state index contributed by atoms with van der Waals surface area (Å²) in [7, 11) is 2.11. The Balaban J connectivity index is 2.15. The van der Waals surface area contributed by atoms with Crippen LogP contribution in [0.1, 0.15) is 18.4 Å². The van der Waals surface area contributed by atoms with E-state index in [1.165, 1.54) is 12.8 Å². The van der Waals surface area contributed by atoms with E-state index in [2.05, 4.69) is 23.0 Å². The fourth-order valence-corrected chi connectivity index (χ4v) is 2.65. The predicted octanol–water partition coefficient (Wildman–Crippen LogP) is 2.72. The molecule has 2 aromatic rings. The number of nitrogens with two attached hydrogens (primary N) is 1. The average molecular weight is 271 g/mol. The summed E-state index contributed by atoms with van der Waals surface area (Å²) < 4.78 is 0. The third-order valence-corrected chi connectivity index (χ3v) is 3.84. The molecular weight excluding hydrogens is 254 g/mol. The van der Waals surface area contributed by atoms with Crippen LogP contribution in [0.5, 0.6) is 0 Å². The van der Waals surface area contributed by atoms with Crippen LogP contribution in [0.4, 0.5) is 5.69 Å². The standard InChI is InChI=1S/C15H17N3S/c1-18(9-10-6-7-10)14-11-4-2-3-5-13(11)17-8-12(14)15(16)19/h2-5,8,10H,6-7,9H2,1H3,(H2,16,19). The highest BCUT2D eigenvalue weighted by Crippen LogP contribution is 2.34. The van der Waals surface area contributed by atoms with Crippen molar-refractivity contribution < 1.29 is 0 Å². The molecule has 98 valence electrons. The van der Waals surface area contributed by atoms with Crippen LogP contribution in [-0.4, -0.2) is 23.6 Å². The van der Waals surface area contributed by atoms with Crippen molar-refractivity contribution in [1.82, 2.24) is 4.98 Å². The lowest BCUT2D eigenvalue weighted by Gasteiger charge is -2.23. The second kappa shape index (κ2) is 4.78. The van der Waals surface area contributed by atoms with E-state index in [1.54, 1.807) is 6.20 Å². The molecular formula is C15H17N3S. The van der Waals surface area contributed by atoms with Crippen molar-refractivity contribution in [2.24, 2.45) is 11.7 Å². The Morgan fingerprint density at radius 1 is 1.42 bits per heavy atom. The minimum Gasteiger partial charge on any atom is -0.389 e. The van der Waals surface area contributed by atoms with Crippen molar-refractivity contribution in [3.8, 4) is 0 Å². The van der Waals surface area contributed by atoms with Crippen LogP contribution in [0, 0.1) is 5.92 Å². The van der Waals surface area contributed by atoms with Gasteiger partial charge in [0.1, 0.15) is 4.99 Å². The smallest absolute Gasteiger partial charge is 0.107 e. The van der Waals surface area contributed by atoms with Crippen LogP contribution in [0.2, 0.25) is 0 Å². The van der Waals surface area contributed by atoms with Crippen LogP contribution >= 0.6 is 12.2 Å². The van der Waals surface area contributed by atoms with Crippen LogP contribution in [-0.2, 0) is 0 Å². The number of fused-ring (bicyclic) bond motifs is 1. The molecule has 19 heavy (non-hydrogen) atoms. The van der Waals surface area contributed by atoms with E-state index in [0.717, 1.165) is 34.6 Å². The number of anilines is 1. The molecule has 1 aromatic heterocycles. The van der Waals surface area contributed by atoms with E-state index >= 15 is 0 Å². The van der Waals surface area contributed by atoms with Crippen molar-refractivity contribution in [2.45, 2.75) is 12.8 Å². The van der Waals surface area contributed by atoms with Crippen molar-refractivity contribution in [3.05, 3.63) is 36.0 Å². The zero-order valence-electron chi connectivity index (χ0n) is 11.0. The summed E-state index contributed by atoms with van der Waals surface area (Å²) in [5.74, 6) is 0.816. The molecule has 0 spiro atoms. The summed E-state index contributed by atoms with van der Waals surface area (Å²) in [5.41, 5.74) is 8.83. The SMILES string of the molecule is CN(CC1CC1)c1c(C(N)=S)cnc2ccccc12. The Morgan fingerprint density at radius 3 is 2.84 bits per heavy atom. The van der Waals surface area contributed by atoms with Crippen LogP contribution in [0.3, 0.4) is 0 Å². The lowest BCUT2D eigenvalue weighted by molar-refractivity contribution is 0.789. The number of rotatable bonds is 4. The molecule has 1 heterocycles. The predicted molar refractivity (Wildman–Crippen MR) is 83.6 cm³/mol. The Bertz CT molecular complexity index is 634. The van der Waals surface area contributed by atoms with Gasteiger partial charge >= 0.3 is 0 Å². The lowest BCUT2D eigenvalue weighted by Crippen LogP contribution is -2.24. The zero-order valence-corrected chi connectivity index (χ0v) is 11.8. The van der Waals surface area contributed by atoms with Gasteiger partial charge in [0, 0.05) is 25.2 Å². The number of pyridine rings is 1. The van der Waals surface area contributed by atoms with Gasteiger partial charge in [-0.2, -0.15) is 0 Å². The van der Waals surface area contributed by atoms with E-state index in [1.807, 2.05) is 18.2 Å². The highest BCUT2D eigenvalue weighted by Gasteiger charge is 2.25. The first-order valence-corrected chi connectivity index (χ1v) is 6.96. The summed E-state index contributed by atoms with van der Waals surface area (Å²) in [5, 5.41) is 1.12. The first-order valence-electron chi connectivity index (χ1n) is 6.55. The third kappa shape index (κ3) is 2.40. The highest BCUT2D eigenvalue weighted by atomic mass is 32.1. The quantitative estimate of drug-likeness (QED) is 0.868. The molecule has 1 saturated carbocycles. The monoisotopic (exact) mass is 271 g/mol. The van der Waals surface area contributed by atoms with Crippen LogP contribution in [0.25, 0.3) is 10.9 Å². The molecule has 0 aliphatic heterocycles. The molecule has 2 N–H and O–H groups in total. The fraction of sp³-hybridized carbons (Fsp3) is 0.333. The Labute approximate surface area is 118 Å². The molecule has 3 rings (SSSR count). The van der Waals surface area contributed by atoms with Crippen molar-refractivity contribution in [2.75, 3.05) is 18.5 Å². The van der Waals surface area contributed by atoms with Gasteiger partial charge in [-0.1, -0.05) is 30.4 Å². The molecule has 0 amide bonds. The molecule has 3 nitrogen and oxygen atoms in total. The molecule has 4 heteroatoms. The summed E-state index contributed by atoms with van der Waals surface area (Å²) in [4.78, 5) is 7.13.